The van der Waals surface area contributed by atoms with E-state index in [2.05, 4.69) is 10.1 Å². The second-order valence-electron chi connectivity index (χ2n) is 5.12. The highest BCUT2D eigenvalue weighted by Gasteiger charge is 2.16. The van der Waals surface area contributed by atoms with Gasteiger partial charge in [0.15, 0.2) is 5.84 Å². The number of hydrogen-bond acceptors (Lipinski definition) is 4. The highest BCUT2D eigenvalue weighted by molar-refractivity contribution is 6.00. The van der Waals surface area contributed by atoms with Crippen molar-refractivity contribution in [3.05, 3.63) is 52.2 Å². The maximum absolute atomic E-state index is 8.95. The zero-order valence-corrected chi connectivity index (χ0v) is 12.6. The largest absolute Gasteiger partial charge is 0.438 e. The Morgan fingerprint density at radius 2 is 1.86 bits per heavy atom. The van der Waals surface area contributed by atoms with E-state index in [1.165, 1.54) is 0 Å². The summed E-state index contributed by atoms with van der Waals surface area (Å²) in [7, 11) is 0. The quantitative estimate of drug-likeness (QED) is 0.393. The van der Waals surface area contributed by atoms with E-state index >= 15 is 0 Å². The molecule has 0 aliphatic carbocycles. The van der Waals surface area contributed by atoms with Gasteiger partial charge in [-0.2, -0.15) is 0 Å². The number of nitrogens with zero attached hydrogens (tertiary/aromatic N) is 2. The van der Waals surface area contributed by atoms with Gasteiger partial charge in [0.05, 0.1) is 5.56 Å². The highest BCUT2D eigenvalue weighted by Crippen LogP contribution is 2.29. The first-order valence-electron chi connectivity index (χ1n) is 6.63. The van der Waals surface area contributed by atoms with Gasteiger partial charge in [0.25, 0.3) is 0 Å². The van der Waals surface area contributed by atoms with E-state index in [-0.39, 0.29) is 5.84 Å². The molecular formula is C16H19N3O2. The molecule has 0 atom stereocenters. The Bertz CT molecular complexity index is 709. The first-order valence-corrected chi connectivity index (χ1v) is 6.63. The molecule has 2 aromatic rings. The molecular weight excluding hydrogens is 266 g/mol. The molecule has 0 saturated carbocycles. The average molecular weight is 285 g/mol. The smallest absolute Gasteiger partial charge is 0.230 e. The van der Waals surface area contributed by atoms with Gasteiger partial charge >= 0.3 is 0 Å². The summed E-state index contributed by atoms with van der Waals surface area (Å²) in [6.45, 7) is 7.70. The zero-order chi connectivity index (χ0) is 15.6. The van der Waals surface area contributed by atoms with Crippen molar-refractivity contribution in [2.24, 2.45) is 10.9 Å². The summed E-state index contributed by atoms with van der Waals surface area (Å²) in [5, 5.41) is 12.0. The first-order chi connectivity index (χ1) is 9.92. The Morgan fingerprint density at radius 3 is 2.52 bits per heavy atom. The molecule has 1 aromatic carbocycles. The first kappa shape index (κ1) is 14.8. The molecule has 0 unspecified atom stereocenters. The molecule has 0 fully saturated rings. The van der Waals surface area contributed by atoms with Crippen molar-refractivity contribution < 1.29 is 9.94 Å². The van der Waals surface area contributed by atoms with Crippen LogP contribution in [0.1, 0.15) is 27.9 Å². The molecule has 0 amide bonds. The Labute approximate surface area is 124 Å². The Hall–Kier alpha value is -2.56. The van der Waals surface area contributed by atoms with Crippen LogP contribution in [0.5, 0.6) is 11.6 Å². The van der Waals surface area contributed by atoms with Crippen molar-refractivity contribution in [3.63, 3.8) is 0 Å². The molecule has 0 bridgehead atoms. The van der Waals surface area contributed by atoms with Crippen LogP contribution in [-0.4, -0.2) is 16.0 Å². The number of pyridine rings is 1. The van der Waals surface area contributed by atoms with Gasteiger partial charge in [-0.25, -0.2) is 4.98 Å². The summed E-state index contributed by atoms with van der Waals surface area (Å²) in [4.78, 5) is 4.37. The number of amidine groups is 1. The fourth-order valence-electron chi connectivity index (χ4n) is 2.16. The fourth-order valence-corrected chi connectivity index (χ4v) is 2.16. The second kappa shape index (κ2) is 5.83. The van der Waals surface area contributed by atoms with Crippen molar-refractivity contribution in [1.82, 2.24) is 4.98 Å². The summed E-state index contributed by atoms with van der Waals surface area (Å²) in [5.41, 5.74) is 9.99. The van der Waals surface area contributed by atoms with Gasteiger partial charge in [-0.15, -0.1) is 0 Å². The van der Waals surface area contributed by atoms with Crippen LogP contribution < -0.4 is 10.5 Å². The minimum absolute atomic E-state index is 0.0136. The van der Waals surface area contributed by atoms with E-state index < -0.39 is 0 Å². The summed E-state index contributed by atoms with van der Waals surface area (Å²) >= 11 is 0. The number of aromatic nitrogens is 1. The molecule has 0 saturated heterocycles. The van der Waals surface area contributed by atoms with E-state index in [4.69, 9.17) is 15.7 Å². The minimum atomic E-state index is -0.0136. The lowest BCUT2D eigenvalue weighted by molar-refractivity contribution is 0.318. The maximum Gasteiger partial charge on any atom is 0.230 e. The van der Waals surface area contributed by atoms with Crippen molar-refractivity contribution in [2.75, 3.05) is 0 Å². The van der Waals surface area contributed by atoms with Gasteiger partial charge in [0.2, 0.25) is 5.88 Å². The van der Waals surface area contributed by atoms with Crippen LogP contribution in [0.2, 0.25) is 0 Å². The molecule has 3 N–H and O–H groups in total. The van der Waals surface area contributed by atoms with E-state index in [0.29, 0.717) is 17.2 Å². The summed E-state index contributed by atoms with van der Waals surface area (Å²) < 4.78 is 5.92. The number of aryl methyl sites for hydroxylation is 4. The number of benzene rings is 1. The third-order valence-corrected chi connectivity index (χ3v) is 3.23. The predicted octanol–water partition coefficient (Wildman–Crippen LogP) is 3.20. The topological polar surface area (TPSA) is 80.7 Å². The highest BCUT2D eigenvalue weighted by atomic mass is 16.5. The predicted molar refractivity (Wildman–Crippen MR) is 82.2 cm³/mol. The van der Waals surface area contributed by atoms with Crippen LogP contribution in [0, 0.1) is 27.7 Å². The van der Waals surface area contributed by atoms with E-state index in [1.807, 2.05) is 52.0 Å². The number of ether oxygens (including phenoxy) is 1. The molecule has 5 nitrogen and oxygen atoms in total. The van der Waals surface area contributed by atoms with Crippen molar-refractivity contribution in [3.8, 4) is 11.6 Å². The van der Waals surface area contributed by atoms with Crippen LogP contribution in [0.15, 0.2) is 29.4 Å². The van der Waals surface area contributed by atoms with Gasteiger partial charge in [-0.3, -0.25) is 0 Å². The van der Waals surface area contributed by atoms with Gasteiger partial charge in [-0.05, 0) is 56.5 Å². The summed E-state index contributed by atoms with van der Waals surface area (Å²) in [6, 6.07) is 7.80. The average Bonchev–Trinajstić information content (AvgIpc) is 2.41. The van der Waals surface area contributed by atoms with Crippen LogP contribution >= 0.6 is 0 Å². The Kier molecular flexibility index (Phi) is 4.12. The standard InChI is InChI=1S/C16H19N3O2/c1-9-5-6-10(2)13(7-9)21-16-14(15(17)19-20)11(3)8-12(4)18-16/h5-8,20H,1-4H3,(H2,17,19). The molecule has 0 radical (unpaired) electrons. The van der Waals surface area contributed by atoms with Crippen LogP contribution in [0.3, 0.4) is 0 Å². The fraction of sp³-hybridized carbons (Fsp3) is 0.250. The van der Waals surface area contributed by atoms with E-state index in [9.17, 15) is 0 Å². The number of oxime groups is 1. The van der Waals surface area contributed by atoms with E-state index in [1.54, 1.807) is 0 Å². The molecule has 0 aliphatic heterocycles. The molecule has 0 spiro atoms. The minimum Gasteiger partial charge on any atom is -0.438 e. The van der Waals surface area contributed by atoms with Gasteiger partial charge in [0.1, 0.15) is 5.75 Å². The lowest BCUT2D eigenvalue weighted by Gasteiger charge is -2.14. The number of nitrogens with two attached hydrogens (primary N) is 1. The van der Waals surface area contributed by atoms with Crippen molar-refractivity contribution >= 4 is 5.84 Å². The Morgan fingerprint density at radius 1 is 1.14 bits per heavy atom. The number of rotatable bonds is 3. The molecule has 1 heterocycles. The third kappa shape index (κ3) is 3.13. The number of hydrogen-bond donors (Lipinski definition) is 2. The van der Waals surface area contributed by atoms with Crippen LogP contribution in [0.25, 0.3) is 0 Å². The van der Waals surface area contributed by atoms with E-state index in [0.717, 1.165) is 22.4 Å². The van der Waals surface area contributed by atoms with Crippen LogP contribution in [0.4, 0.5) is 0 Å². The third-order valence-electron chi connectivity index (χ3n) is 3.23. The molecule has 0 aliphatic rings. The van der Waals surface area contributed by atoms with Crippen molar-refractivity contribution in [2.45, 2.75) is 27.7 Å². The second-order valence-corrected chi connectivity index (χ2v) is 5.12. The van der Waals surface area contributed by atoms with Gasteiger partial charge in [-0.1, -0.05) is 17.3 Å². The van der Waals surface area contributed by atoms with Crippen molar-refractivity contribution in [1.29, 1.82) is 0 Å². The molecule has 2 rings (SSSR count). The monoisotopic (exact) mass is 285 g/mol. The SMILES string of the molecule is Cc1ccc(C)c(Oc2nc(C)cc(C)c2/C(N)=N/O)c1. The molecule has 1 aromatic heterocycles. The lowest BCUT2D eigenvalue weighted by Crippen LogP contribution is -2.17. The molecule has 110 valence electrons. The zero-order valence-electron chi connectivity index (χ0n) is 12.6. The molecule has 21 heavy (non-hydrogen) atoms. The Balaban J connectivity index is 2.55. The lowest BCUT2D eigenvalue weighted by atomic mass is 10.1. The summed E-state index contributed by atoms with van der Waals surface area (Å²) in [5.74, 6) is 1.04. The normalized spacial score (nSPS) is 11.5. The van der Waals surface area contributed by atoms with Gasteiger partial charge < -0.3 is 15.7 Å². The summed E-state index contributed by atoms with van der Waals surface area (Å²) in [6.07, 6.45) is 0. The van der Waals surface area contributed by atoms with Gasteiger partial charge in [0, 0.05) is 5.69 Å². The maximum atomic E-state index is 8.95. The molecule has 5 heteroatoms. The van der Waals surface area contributed by atoms with Crippen LogP contribution in [-0.2, 0) is 0 Å².